The number of aromatic nitrogens is 1. The molecule has 1 heterocycles. The molecule has 3 atom stereocenters. The number of hydrogen-bond donors (Lipinski definition) is 4. The number of carbonyl (C=O) groups is 2. The summed E-state index contributed by atoms with van der Waals surface area (Å²) in [4.78, 5) is 27.9. The zero-order valence-corrected chi connectivity index (χ0v) is 17.4. The van der Waals surface area contributed by atoms with Gasteiger partial charge >= 0.3 is 6.03 Å². The summed E-state index contributed by atoms with van der Waals surface area (Å²) in [6, 6.07) is 3.56. The quantitative estimate of drug-likeness (QED) is 0.504. The lowest BCUT2D eigenvalue weighted by atomic mass is 9.84. The number of hydrogen-bond acceptors (Lipinski definition) is 4. The van der Waals surface area contributed by atoms with E-state index in [-0.39, 0.29) is 38.4 Å². The minimum Gasteiger partial charge on any atom is -0.352 e. The maximum absolute atomic E-state index is 14.3. The van der Waals surface area contributed by atoms with E-state index >= 15 is 0 Å². The van der Waals surface area contributed by atoms with Gasteiger partial charge in [-0.05, 0) is 30.7 Å². The lowest BCUT2D eigenvalue weighted by Gasteiger charge is -2.35. The van der Waals surface area contributed by atoms with Gasteiger partial charge in [-0.15, -0.1) is 0 Å². The fraction of sp³-hybridized carbons (Fsp3) is 0.278. The van der Waals surface area contributed by atoms with Crippen LogP contribution in [0.4, 0.5) is 19.3 Å². The molecule has 0 aliphatic heterocycles. The van der Waals surface area contributed by atoms with E-state index in [0.29, 0.717) is 0 Å². The molecular formula is C18H16Cl3F2N5O2. The number of nitrogens with two attached hydrogens (primary N) is 2. The smallest absolute Gasteiger partial charge is 0.313 e. The zero-order valence-electron chi connectivity index (χ0n) is 15.1. The van der Waals surface area contributed by atoms with Crippen molar-refractivity contribution < 1.29 is 18.4 Å². The number of amides is 3. The molecule has 0 bridgehead atoms. The Bertz CT molecular complexity index is 1010. The highest BCUT2D eigenvalue weighted by molar-refractivity contribution is 6.36. The third-order valence-electron chi connectivity index (χ3n) is 4.79. The van der Waals surface area contributed by atoms with Gasteiger partial charge in [0.15, 0.2) is 0 Å². The minimum atomic E-state index is -3.07. The van der Waals surface area contributed by atoms with Crippen molar-refractivity contribution in [3.05, 3.63) is 56.8 Å². The van der Waals surface area contributed by atoms with Crippen molar-refractivity contribution in [1.29, 1.82) is 0 Å². The predicted octanol–water partition coefficient (Wildman–Crippen LogP) is 3.77. The second kappa shape index (κ2) is 8.50. The standard InChI is InChI=1S/C18H16Cl3F2N5O2/c19-7-3-12(21)14(26-6-7)15(29)27-8-1-2-11(20)9(4-8)18(16(22)23,28-17(25)30)10-5-13(10)24/h1-4,6,10,13,16H,5,24H2,(H,27,29)(H3,25,28,30)/t10-,13+,18+/m0/s1. The molecule has 0 spiro atoms. The number of nitrogens with one attached hydrogen (secondary N) is 2. The van der Waals surface area contributed by atoms with E-state index in [0.717, 1.165) is 0 Å². The van der Waals surface area contributed by atoms with E-state index in [2.05, 4.69) is 15.6 Å². The van der Waals surface area contributed by atoms with E-state index in [1.54, 1.807) is 0 Å². The number of halogens is 5. The van der Waals surface area contributed by atoms with Gasteiger partial charge in [-0.2, -0.15) is 0 Å². The normalized spacial score (nSPS) is 19.8. The van der Waals surface area contributed by atoms with Crippen LogP contribution in [0.5, 0.6) is 0 Å². The number of urea groups is 1. The molecule has 1 aliphatic carbocycles. The summed E-state index contributed by atoms with van der Waals surface area (Å²) in [7, 11) is 0. The SMILES string of the molecule is NC(=O)N[C@@](c1cc(NC(=O)c2ncc(Cl)cc2Cl)ccc1Cl)(C(F)F)[C@H]1C[C@H]1N. The maximum Gasteiger partial charge on any atom is 0.313 e. The van der Waals surface area contributed by atoms with E-state index < -0.39 is 35.9 Å². The summed E-state index contributed by atoms with van der Waals surface area (Å²) in [5.74, 6) is -1.49. The fourth-order valence-electron chi connectivity index (χ4n) is 3.33. The highest BCUT2D eigenvalue weighted by atomic mass is 35.5. The Morgan fingerprint density at radius 3 is 2.40 bits per heavy atom. The van der Waals surface area contributed by atoms with E-state index in [1.165, 1.54) is 30.5 Å². The van der Waals surface area contributed by atoms with Crippen molar-refractivity contribution in [2.24, 2.45) is 17.4 Å². The fourth-order valence-corrected chi connectivity index (χ4v) is 4.07. The second-order valence-electron chi connectivity index (χ2n) is 6.80. The van der Waals surface area contributed by atoms with Gasteiger partial charge in [0.05, 0.1) is 10.0 Å². The Morgan fingerprint density at radius 2 is 1.87 bits per heavy atom. The molecule has 160 valence electrons. The van der Waals surface area contributed by atoms with Crippen molar-refractivity contribution in [3.63, 3.8) is 0 Å². The molecule has 3 amide bonds. The lowest BCUT2D eigenvalue weighted by Crippen LogP contribution is -2.56. The summed E-state index contributed by atoms with van der Waals surface area (Å²) in [5.41, 5.74) is 8.65. The lowest BCUT2D eigenvalue weighted by molar-refractivity contribution is 0.0193. The molecular weight excluding hydrogens is 463 g/mol. The zero-order chi connectivity index (χ0) is 22.2. The number of primary amides is 1. The monoisotopic (exact) mass is 477 g/mol. The summed E-state index contributed by atoms with van der Waals surface area (Å²) in [6.07, 6.45) is -1.59. The number of rotatable bonds is 6. The van der Waals surface area contributed by atoms with Crippen LogP contribution < -0.4 is 22.1 Å². The molecule has 2 aromatic rings. The molecule has 6 N–H and O–H groups in total. The first kappa shape index (κ1) is 22.5. The molecule has 12 heteroatoms. The minimum absolute atomic E-state index is 0.00969. The molecule has 3 rings (SSSR count). The Labute approximate surface area is 185 Å². The van der Waals surface area contributed by atoms with Gasteiger partial charge in [-0.25, -0.2) is 18.6 Å². The second-order valence-corrected chi connectivity index (χ2v) is 8.05. The molecule has 1 aliphatic rings. The van der Waals surface area contributed by atoms with Crippen LogP contribution in [0.25, 0.3) is 0 Å². The predicted molar refractivity (Wildman–Crippen MR) is 110 cm³/mol. The van der Waals surface area contributed by atoms with Crippen LogP contribution in [-0.2, 0) is 5.54 Å². The molecule has 1 fully saturated rings. The van der Waals surface area contributed by atoms with Gasteiger partial charge in [0.1, 0.15) is 11.2 Å². The molecule has 7 nitrogen and oxygen atoms in total. The molecule has 1 aromatic carbocycles. The Hall–Kier alpha value is -2.20. The summed E-state index contributed by atoms with van der Waals surface area (Å²) in [6.45, 7) is 0. The van der Waals surface area contributed by atoms with Gasteiger partial charge < -0.3 is 22.1 Å². The van der Waals surface area contributed by atoms with E-state index in [4.69, 9.17) is 46.3 Å². The first-order chi connectivity index (χ1) is 14.1. The van der Waals surface area contributed by atoms with E-state index in [1.807, 2.05) is 0 Å². The average molecular weight is 479 g/mol. The average Bonchev–Trinajstić information content (AvgIpc) is 3.38. The van der Waals surface area contributed by atoms with Crippen LogP contribution in [-0.4, -0.2) is 29.4 Å². The highest BCUT2D eigenvalue weighted by Crippen LogP contribution is 2.50. The van der Waals surface area contributed by atoms with Gasteiger partial charge in [0.25, 0.3) is 12.3 Å². The van der Waals surface area contributed by atoms with Crippen molar-refractivity contribution in [1.82, 2.24) is 10.3 Å². The number of pyridine rings is 1. The molecule has 0 radical (unpaired) electrons. The van der Waals surface area contributed by atoms with Crippen LogP contribution >= 0.6 is 34.8 Å². The van der Waals surface area contributed by atoms with Crippen LogP contribution in [0.1, 0.15) is 22.5 Å². The van der Waals surface area contributed by atoms with Gasteiger partial charge in [-0.1, -0.05) is 34.8 Å². The van der Waals surface area contributed by atoms with Crippen LogP contribution in [0.15, 0.2) is 30.5 Å². The number of carbonyl (C=O) groups excluding carboxylic acids is 2. The number of benzene rings is 1. The first-order valence-corrected chi connectivity index (χ1v) is 9.73. The highest BCUT2D eigenvalue weighted by Gasteiger charge is 2.59. The third-order valence-corrected chi connectivity index (χ3v) is 5.62. The van der Waals surface area contributed by atoms with Gasteiger partial charge in [0.2, 0.25) is 0 Å². The van der Waals surface area contributed by atoms with Crippen LogP contribution in [0.2, 0.25) is 15.1 Å². The first-order valence-electron chi connectivity index (χ1n) is 8.60. The summed E-state index contributed by atoms with van der Waals surface area (Å²) >= 11 is 17.9. The molecule has 30 heavy (non-hydrogen) atoms. The Morgan fingerprint density at radius 1 is 1.20 bits per heavy atom. The summed E-state index contributed by atoms with van der Waals surface area (Å²) < 4.78 is 28.6. The summed E-state index contributed by atoms with van der Waals surface area (Å²) in [5, 5.41) is 4.85. The molecule has 0 unspecified atom stereocenters. The molecule has 1 saturated carbocycles. The molecule has 0 saturated heterocycles. The van der Waals surface area contributed by atoms with Crippen molar-refractivity contribution >= 4 is 52.4 Å². The largest absolute Gasteiger partial charge is 0.352 e. The van der Waals surface area contributed by atoms with Crippen LogP contribution in [0, 0.1) is 5.92 Å². The maximum atomic E-state index is 14.3. The van der Waals surface area contributed by atoms with Gasteiger partial charge in [-0.3, -0.25) is 4.79 Å². The molecule has 1 aromatic heterocycles. The number of anilines is 1. The van der Waals surface area contributed by atoms with E-state index in [9.17, 15) is 18.4 Å². The number of nitrogens with zero attached hydrogens (tertiary/aromatic N) is 1. The van der Waals surface area contributed by atoms with Crippen molar-refractivity contribution in [2.75, 3.05) is 5.32 Å². The third kappa shape index (κ3) is 4.29. The number of alkyl halides is 2. The Kier molecular flexibility index (Phi) is 6.37. The van der Waals surface area contributed by atoms with Crippen molar-refractivity contribution in [2.45, 2.75) is 24.4 Å². The van der Waals surface area contributed by atoms with Gasteiger partial charge in [0, 0.05) is 34.4 Å². The topological polar surface area (TPSA) is 123 Å². The Balaban J connectivity index is 2.01. The van der Waals surface area contributed by atoms with Crippen molar-refractivity contribution in [3.8, 4) is 0 Å². The van der Waals surface area contributed by atoms with Crippen LogP contribution in [0.3, 0.4) is 0 Å².